The highest BCUT2D eigenvalue weighted by molar-refractivity contribution is 6.30. The Bertz CT molecular complexity index is 517. The fraction of sp³-hybridized carbons (Fsp3) is 0.333. The SMILES string of the molecule is COC(=O)CC1=CC(=O)CC[C@@H]1c1ccc(Cl)cc1. The molecule has 2 rings (SSSR count). The average Bonchev–Trinajstić information content (AvgIpc) is 2.40. The number of benzene rings is 1. The Balaban J connectivity index is 2.26. The fourth-order valence-corrected chi connectivity index (χ4v) is 2.47. The third-order valence-corrected chi connectivity index (χ3v) is 3.57. The lowest BCUT2D eigenvalue weighted by atomic mass is 9.81. The van der Waals surface area contributed by atoms with Gasteiger partial charge in [-0.15, -0.1) is 0 Å². The number of carbonyl (C=O) groups is 2. The second-order valence-electron chi connectivity index (χ2n) is 4.58. The minimum absolute atomic E-state index is 0.0733. The number of ketones is 1. The van der Waals surface area contributed by atoms with Crippen molar-refractivity contribution in [1.82, 2.24) is 0 Å². The molecule has 19 heavy (non-hydrogen) atoms. The Morgan fingerprint density at radius 1 is 1.37 bits per heavy atom. The molecule has 0 saturated heterocycles. The lowest BCUT2D eigenvalue weighted by molar-refractivity contribution is -0.139. The molecule has 1 aliphatic carbocycles. The van der Waals surface area contributed by atoms with Crippen LogP contribution in [0.1, 0.15) is 30.7 Å². The van der Waals surface area contributed by atoms with Gasteiger partial charge in [0.15, 0.2) is 5.78 Å². The minimum Gasteiger partial charge on any atom is -0.469 e. The van der Waals surface area contributed by atoms with Crippen LogP contribution in [0.2, 0.25) is 5.02 Å². The lowest BCUT2D eigenvalue weighted by Gasteiger charge is -2.23. The molecule has 0 N–H and O–H groups in total. The quantitative estimate of drug-likeness (QED) is 0.797. The molecule has 0 aliphatic heterocycles. The van der Waals surface area contributed by atoms with E-state index in [4.69, 9.17) is 11.6 Å². The molecule has 0 spiro atoms. The summed E-state index contributed by atoms with van der Waals surface area (Å²) in [5.74, 6) is -0.155. The second-order valence-corrected chi connectivity index (χ2v) is 5.02. The number of rotatable bonds is 3. The van der Waals surface area contributed by atoms with Gasteiger partial charge in [0, 0.05) is 17.4 Å². The molecule has 1 atom stereocenters. The highest BCUT2D eigenvalue weighted by atomic mass is 35.5. The zero-order valence-corrected chi connectivity index (χ0v) is 11.4. The zero-order valence-electron chi connectivity index (χ0n) is 10.7. The van der Waals surface area contributed by atoms with Crippen LogP contribution in [0.3, 0.4) is 0 Å². The summed E-state index contributed by atoms with van der Waals surface area (Å²) in [7, 11) is 1.35. The molecule has 0 amide bonds. The summed E-state index contributed by atoms with van der Waals surface area (Å²) < 4.78 is 4.68. The maximum atomic E-state index is 11.5. The first-order valence-electron chi connectivity index (χ1n) is 6.15. The molecule has 0 radical (unpaired) electrons. The Hall–Kier alpha value is -1.61. The van der Waals surface area contributed by atoms with E-state index in [2.05, 4.69) is 4.74 Å². The van der Waals surface area contributed by atoms with Crippen LogP contribution in [-0.2, 0) is 14.3 Å². The van der Waals surface area contributed by atoms with E-state index in [9.17, 15) is 9.59 Å². The number of esters is 1. The first-order valence-corrected chi connectivity index (χ1v) is 6.53. The Morgan fingerprint density at radius 2 is 2.05 bits per heavy atom. The number of allylic oxidation sites excluding steroid dienone is 1. The van der Waals surface area contributed by atoms with Crippen molar-refractivity contribution in [3.05, 3.63) is 46.5 Å². The van der Waals surface area contributed by atoms with Crippen molar-refractivity contribution in [1.29, 1.82) is 0 Å². The summed E-state index contributed by atoms with van der Waals surface area (Å²) in [6.45, 7) is 0. The van der Waals surface area contributed by atoms with Crippen LogP contribution < -0.4 is 0 Å². The predicted molar refractivity (Wildman–Crippen MR) is 73.2 cm³/mol. The van der Waals surface area contributed by atoms with Crippen molar-refractivity contribution in [2.24, 2.45) is 0 Å². The molecule has 0 unspecified atom stereocenters. The maximum absolute atomic E-state index is 11.5. The number of methoxy groups -OCH3 is 1. The molecule has 0 saturated carbocycles. The Morgan fingerprint density at radius 3 is 2.68 bits per heavy atom. The van der Waals surface area contributed by atoms with Crippen LogP contribution in [0.25, 0.3) is 0 Å². The highest BCUT2D eigenvalue weighted by Gasteiger charge is 2.24. The van der Waals surface area contributed by atoms with Gasteiger partial charge in [0.25, 0.3) is 0 Å². The first-order chi connectivity index (χ1) is 9.10. The van der Waals surface area contributed by atoms with Gasteiger partial charge in [0.1, 0.15) is 0 Å². The van der Waals surface area contributed by atoms with E-state index in [-0.39, 0.29) is 24.1 Å². The van der Waals surface area contributed by atoms with Gasteiger partial charge >= 0.3 is 5.97 Å². The molecule has 1 aromatic rings. The monoisotopic (exact) mass is 278 g/mol. The van der Waals surface area contributed by atoms with E-state index in [1.807, 2.05) is 24.3 Å². The Kier molecular flexibility index (Phi) is 4.38. The van der Waals surface area contributed by atoms with Gasteiger partial charge in [-0.05, 0) is 35.8 Å². The summed E-state index contributed by atoms with van der Waals surface area (Å²) >= 11 is 5.87. The van der Waals surface area contributed by atoms with Gasteiger partial charge in [0.2, 0.25) is 0 Å². The van der Waals surface area contributed by atoms with Gasteiger partial charge in [-0.2, -0.15) is 0 Å². The third-order valence-electron chi connectivity index (χ3n) is 3.32. The highest BCUT2D eigenvalue weighted by Crippen LogP contribution is 2.35. The second kappa shape index (κ2) is 6.02. The predicted octanol–water partition coefficient (Wildman–Crippen LogP) is 3.28. The van der Waals surface area contributed by atoms with E-state index in [1.165, 1.54) is 7.11 Å². The van der Waals surface area contributed by atoms with Gasteiger partial charge < -0.3 is 4.74 Å². The van der Waals surface area contributed by atoms with Crippen LogP contribution >= 0.6 is 11.6 Å². The molecule has 0 bridgehead atoms. The summed E-state index contributed by atoms with van der Waals surface area (Å²) in [6.07, 6.45) is 2.98. The van der Waals surface area contributed by atoms with Gasteiger partial charge in [-0.25, -0.2) is 0 Å². The molecule has 1 aliphatic rings. The molecule has 0 aromatic heterocycles. The summed E-state index contributed by atoms with van der Waals surface area (Å²) in [5, 5.41) is 0.675. The fourth-order valence-electron chi connectivity index (χ4n) is 2.34. The van der Waals surface area contributed by atoms with E-state index < -0.39 is 0 Å². The zero-order chi connectivity index (χ0) is 13.8. The summed E-state index contributed by atoms with van der Waals surface area (Å²) in [4.78, 5) is 22.9. The van der Waals surface area contributed by atoms with Crippen molar-refractivity contribution < 1.29 is 14.3 Å². The summed E-state index contributed by atoms with van der Waals surface area (Å²) in [5.41, 5.74) is 1.90. The average molecular weight is 279 g/mol. The van der Waals surface area contributed by atoms with Crippen LogP contribution in [0.15, 0.2) is 35.9 Å². The van der Waals surface area contributed by atoms with Crippen molar-refractivity contribution in [2.45, 2.75) is 25.2 Å². The van der Waals surface area contributed by atoms with E-state index in [1.54, 1.807) is 6.08 Å². The van der Waals surface area contributed by atoms with Crippen LogP contribution in [0, 0.1) is 0 Å². The molecule has 4 heteroatoms. The number of ether oxygens (including phenoxy) is 1. The van der Waals surface area contributed by atoms with E-state index in [0.717, 1.165) is 17.6 Å². The van der Waals surface area contributed by atoms with Crippen molar-refractivity contribution in [3.8, 4) is 0 Å². The van der Waals surface area contributed by atoms with Gasteiger partial charge in [0.05, 0.1) is 13.5 Å². The van der Waals surface area contributed by atoms with Crippen molar-refractivity contribution >= 4 is 23.4 Å². The lowest BCUT2D eigenvalue weighted by Crippen LogP contribution is -2.16. The summed E-state index contributed by atoms with van der Waals surface area (Å²) in [6, 6.07) is 7.52. The standard InChI is InChI=1S/C15H15ClO3/c1-19-15(18)9-11-8-13(17)6-7-14(11)10-2-4-12(16)5-3-10/h2-5,8,14H,6-7,9H2,1H3/t14-/m1/s1. The largest absolute Gasteiger partial charge is 0.469 e. The molecule has 0 fully saturated rings. The van der Waals surface area contributed by atoms with E-state index in [0.29, 0.717) is 11.4 Å². The number of hydrogen-bond acceptors (Lipinski definition) is 3. The number of carbonyl (C=O) groups excluding carboxylic acids is 2. The molecular formula is C15H15ClO3. The molecule has 0 heterocycles. The third kappa shape index (κ3) is 3.44. The van der Waals surface area contributed by atoms with Crippen molar-refractivity contribution in [3.63, 3.8) is 0 Å². The first kappa shape index (κ1) is 13.8. The topological polar surface area (TPSA) is 43.4 Å². The van der Waals surface area contributed by atoms with Crippen LogP contribution in [-0.4, -0.2) is 18.9 Å². The Labute approximate surface area is 117 Å². The van der Waals surface area contributed by atoms with Gasteiger partial charge in [-0.3, -0.25) is 9.59 Å². The molecule has 100 valence electrons. The molecule has 1 aromatic carbocycles. The van der Waals surface area contributed by atoms with Crippen molar-refractivity contribution in [2.75, 3.05) is 7.11 Å². The van der Waals surface area contributed by atoms with Gasteiger partial charge in [-0.1, -0.05) is 23.7 Å². The maximum Gasteiger partial charge on any atom is 0.309 e. The normalized spacial score (nSPS) is 18.9. The van der Waals surface area contributed by atoms with Crippen LogP contribution in [0.4, 0.5) is 0 Å². The number of halogens is 1. The number of hydrogen-bond donors (Lipinski definition) is 0. The molecule has 3 nitrogen and oxygen atoms in total. The van der Waals surface area contributed by atoms with Crippen LogP contribution in [0.5, 0.6) is 0 Å². The molecular weight excluding hydrogens is 264 g/mol. The van der Waals surface area contributed by atoms with E-state index >= 15 is 0 Å². The smallest absolute Gasteiger partial charge is 0.309 e. The minimum atomic E-state index is -0.320.